The maximum Gasteiger partial charge on any atom is 0.0682 e. The van der Waals surface area contributed by atoms with Crippen molar-refractivity contribution >= 4 is 0 Å². The second kappa shape index (κ2) is 3.85. The highest BCUT2D eigenvalue weighted by Crippen LogP contribution is 2.05. The molecule has 1 rings (SSSR count). The van der Waals surface area contributed by atoms with Crippen LogP contribution in [0.2, 0.25) is 0 Å². The lowest BCUT2D eigenvalue weighted by atomic mass is 10.4. The van der Waals surface area contributed by atoms with Gasteiger partial charge in [0.05, 0.1) is 6.61 Å². The Morgan fingerprint density at radius 1 is 1.67 bits per heavy atom. The first-order valence-electron chi connectivity index (χ1n) is 3.63. The normalized spacial score (nSPS) is 21.0. The van der Waals surface area contributed by atoms with E-state index in [1.807, 2.05) is 5.06 Å². The van der Waals surface area contributed by atoms with Gasteiger partial charge >= 0.3 is 0 Å². The number of nitrogens with zero attached hydrogens (tertiary/aromatic N) is 1. The standard InChI is InChI=1S/C7H14NO/c1-2-7-9-8-5-3-4-6-8/h3H,2,4-7H2,1H3. The van der Waals surface area contributed by atoms with Gasteiger partial charge in [-0.25, -0.2) is 0 Å². The van der Waals surface area contributed by atoms with E-state index in [-0.39, 0.29) is 0 Å². The molecule has 53 valence electrons. The lowest BCUT2D eigenvalue weighted by Gasteiger charge is -2.12. The van der Waals surface area contributed by atoms with Gasteiger partial charge in [-0.05, 0) is 19.3 Å². The topological polar surface area (TPSA) is 12.5 Å². The van der Waals surface area contributed by atoms with E-state index in [0.717, 1.165) is 26.1 Å². The SMILES string of the molecule is CCCON1C[CH]CC1. The lowest BCUT2D eigenvalue weighted by molar-refractivity contribution is -0.140. The molecule has 0 N–H and O–H groups in total. The molecule has 0 atom stereocenters. The fraction of sp³-hybridized carbons (Fsp3) is 0.857. The van der Waals surface area contributed by atoms with Crippen molar-refractivity contribution in [3.05, 3.63) is 6.42 Å². The van der Waals surface area contributed by atoms with Gasteiger partial charge in [-0.1, -0.05) is 6.92 Å². The second-order valence-electron chi connectivity index (χ2n) is 2.30. The van der Waals surface area contributed by atoms with Crippen LogP contribution in [0.25, 0.3) is 0 Å². The molecular formula is C7H14NO. The number of hydrogen-bond donors (Lipinski definition) is 0. The van der Waals surface area contributed by atoms with Crippen LogP contribution in [0.4, 0.5) is 0 Å². The number of rotatable bonds is 3. The fourth-order valence-corrected chi connectivity index (χ4v) is 0.899. The maximum absolute atomic E-state index is 5.35. The third-order valence-corrected chi connectivity index (χ3v) is 1.39. The summed E-state index contributed by atoms with van der Waals surface area (Å²) < 4.78 is 0. The summed E-state index contributed by atoms with van der Waals surface area (Å²) in [6.45, 7) is 5.09. The summed E-state index contributed by atoms with van der Waals surface area (Å²) in [5.41, 5.74) is 0. The van der Waals surface area contributed by atoms with Crippen molar-refractivity contribution in [1.82, 2.24) is 5.06 Å². The number of hydroxylamine groups is 2. The first-order valence-corrected chi connectivity index (χ1v) is 3.63. The molecule has 1 heterocycles. The van der Waals surface area contributed by atoms with E-state index in [4.69, 9.17) is 4.84 Å². The highest BCUT2D eigenvalue weighted by atomic mass is 16.7. The Bertz CT molecular complexity index is 69.3. The van der Waals surface area contributed by atoms with E-state index in [0.29, 0.717) is 0 Å². The van der Waals surface area contributed by atoms with E-state index in [1.54, 1.807) is 0 Å². The molecule has 0 bridgehead atoms. The van der Waals surface area contributed by atoms with Crippen LogP contribution in [0.5, 0.6) is 0 Å². The Balaban J connectivity index is 1.98. The fourth-order valence-electron chi connectivity index (χ4n) is 0.899. The van der Waals surface area contributed by atoms with Crippen LogP contribution in [0, 0.1) is 6.42 Å². The van der Waals surface area contributed by atoms with Gasteiger partial charge in [-0.3, -0.25) is 4.84 Å². The maximum atomic E-state index is 5.35. The van der Waals surface area contributed by atoms with Gasteiger partial charge in [0.25, 0.3) is 0 Å². The average molecular weight is 128 g/mol. The van der Waals surface area contributed by atoms with E-state index >= 15 is 0 Å². The predicted octanol–water partition coefficient (Wildman–Crippen LogP) is 1.24. The zero-order chi connectivity index (χ0) is 6.53. The summed E-state index contributed by atoms with van der Waals surface area (Å²) in [5, 5.41) is 2.02. The monoisotopic (exact) mass is 128 g/mol. The van der Waals surface area contributed by atoms with Gasteiger partial charge in [-0.15, -0.1) is 0 Å². The molecule has 1 saturated heterocycles. The van der Waals surface area contributed by atoms with Crippen molar-refractivity contribution in [2.75, 3.05) is 19.7 Å². The number of hydrogen-bond acceptors (Lipinski definition) is 2. The van der Waals surface area contributed by atoms with E-state index < -0.39 is 0 Å². The first-order chi connectivity index (χ1) is 4.43. The molecular weight excluding hydrogens is 114 g/mol. The molecule has 0 saturated carbocycles. The molecule has 1 aliphatic rings. The van der Waals surface area contributed by atoms with Gasteiger partial charge in [-0.2, -0.15) is 5.06 Å². The van der Waals surface area contributed by atoms with Crippen LogP contribution in [-0.4, -0.2) is 24.8 Å². The summed E-state index contributed by atoms with van der Waals surface area (Å²) in [6.07, 6.45) is 4.54. The molecule has 1 radical (unpaired) electrons. The largest absolute Gasteiger partial charge is 0.299 e. The van der Waals surface area contributed by atoms with E-state index in [1.165, 1.54) is 6.42 Å². The van der Waals surface area contributed by atoms with Crippen molar-refractivity contribution in [2.45, 2.75) is 19.8 Å². The Hall–Kier alpha value is -0.0800. The molecule has 0 aromatic carbocycles. The second-order valence-corrected chi connectivity index (χ2v) is 2.30. The third-order valence-electron chi connectivity index (χ3n) is 1.39. The summed E-state index contributed by atoms with van der Waals surface area (Å²) in [7, 11) is 0. The third kappa shape index (κ3) is 2.33. The zero-order valence-electron chi connectivity index (χ0n) is 5.97. The Kier molecular flexibility index (Phi) is 3.01. The van der Waals surface area contributed by atoms with Gasteiger partial charge in [0.1, 0.15) is 0 Å². The van der Waals surface area contributed by atoms with Crippen LogP contribution in [0.15, 0.2) is 0 Å². The van der Waals surface area contributed by atoms with Gasteiger partial charge in [0, 0.05) is 13.1 Å². The van der Waals surface area contributed by atoms with Crippen LogP contribution in [0.3, 0.4) is 0 Å². The minimum absolute atomic E-state index is 0.869. The molecule has 0 aromatic rings. The summed E-state index contributed by atoms with van der Waals surface area (Å²) >= 11 is 0. The molecule has 9 heavy (non-hydrogen) atoms. The quantitative estimate of drug-likeness (QED) is 0.567. The Labute approximate surface area is 56.8 Å². The Morgan fingerprint density at radius 2 is 2.56 bits per heavy atom. The van der Waals surface area contributed by atoms with Crippen LogP contribution in [0.1, 0.15) is 19.8 Å². The van der Waals surface area contributed by atoms with Crippen LogP contribution in [-0.2, 0) is 4.84 Å². The van der Waals surface area contributed by atoms with Gasteiger partial charge in [0.2, 0.25) is 0 Å². The van der Waals surface area contributed by atoms with Crippen LogP contribution >= 0.6 is 0 Å². The van der Waals surface area contributed by atoms with Gasteiger partial charge < -0.3 is 0 Å². The molecule has 0 spiro atoms. The smallest absolute Gasteiger partial charge is 0.0682 e. The van der Waals surface area contributed by atoms with Crippen molar-refractivity contribution in [3.63, 3.8) is 0 Å². The van der Waals surface area contributed by atoms with Crippen molar-refractivity contribution in [1.29, 1.82) is 0 Å². The summed E-state index contributed by atoms with van der Waals surface area (Å²) in [5.74, 6) is 0. The highest BCUT2D eigenvalue weighted by Gasteiger charge is 2.10. The Morgan fingerprint density at radius 3 is 3.11 bits per heavy atom. The molecule has 0 unspecified atom stereocenters. The van der Waals surface area contributed by atoms with E-state index in [9.17, 15) is 0 Å². The van der Waals surface area contributed by atoms with E-state index in [2.05, 4.69) is 13.3 Å². The molecule has 0 amide bonds. The predicted molar refractivity (Wildman–Crippen MR) is 36.7 cm³/mol. The molecule has 0 aromatic heterocycles. The summed E-state index contributed by atoms with van der Waals surface area (Å²) in [6, 6.07) is 0. The highest BCUT2D eigenvalue weighted by molar-refractivity contribution is 4.75. The molecule has 2 nitrogen and oxygen atoms in total. The van der Waals surface area contributed by atoms with Crippen molar-refractivity contribution in [2.24, 2.45) is 0 Å². The van der Waals surface area contributed by atoms with Crippen molar-refractivity contribution in [3.8, 4) is 0 Å². The molecule has 0 aliphatic carbocycles. The van der Waals surface area contributed by atoms with Crippen LogP contribution < -0.4 is 0 Å². The lowest BCUT2D eigenvalue weighted by Crippen LogP contribution is -2.19. The molecule has 1 fully saturated rings. The average Bonchev–Trinajstić information content (AvgIpc) is 2.34. The first kappa shape index (κ1) is 7.03. The van der Waals surface area contributed by atoms with Gasteiger partial charge in [0.15, 0.2) is 0 Å². The molecule has 1 aliphatic heterocycles. The zero-order valence-corrected chi connectivity index (χ0v) is 5.97. The van der Waals surface area contributed by atoms with Crippen molar-refractivity contribution < 1.29 is 4.84 Å². The minimum Gasteiger partial charge on any atom is -0.299 e. The molecule has 2 heteroatoms. The summed E-state index contributed by atoms with van der Waals surface area (Å²) in [4.78, 5) is 5.35. The minimum atomic E-state index is 0.869.